The van der Waals surface area contributed by atoms with Crippen molar-refractivity contribution in [3.63, 3.8) is 0 Å². The van der Waals surface area contributed by atoms with Crippen molar-refractivity contribution in [1.29, 1.82) is 0 Å². The van der Waals surface area contributed by atoms with E-state index in [-0.39, 0.29) is 0 Å². The first-order valence-electron chi connectivity index (χ1n) is 11.3. The number of rotatable bonds is 1. The Morgan fingerprint density at radius 3 is 2.44 bits per heavy atom. The van der Waals surface area contributed by atoms with Gasteiger partial charge in [0.15, 0.2) is 0 Å². The summed E-state index contributed by atoms with van der Waals surface area (Å²) in [5.41, 5.74) is 1.07. The topological polar surface area (TPSA) is 18.5 Å². The average molecular weight is 347 g/mol. The third-order valence-corrected chi connectivity index (χ3v) is 9.94. The fraction of sp³-hybridized carbons (Fsp3) is 1.00. The highest BCUT2D eigenvalue weighted by Gasteiger charge is 2.66. The zero-order valence-electron chi connectivity index (χ0n) is 16.6. The lowest BCUT2D eigenvalue weighted by atomic mass is 9.44. The molecular weight excluding hydrogens is 308 g/mol. The summed E-state index contributed by atoms with van der Waals surface area (Å²) in [6.45, 7) is 9.31. The first kappa shape index (κ1) is 17.0. The zero-order chi connectivity index (χ0) is 17.2. The highest BCUT2D eigenvalue weighted by atomic mass is 16.6. The van der Waals surface area contributed by atoms with Gasteiger partial charge in [-0.25, -0.2) is 0 Å². The fourth-order valence-corrected chi connectivity index (χ4v) is 8.91. The highest BCUT2D eigenvalue weighted by molar-refractivity contribution is 5.14. The third-order valence-electron chi connectivity index (χ3n) is 9.94. The second kappa shape index (κ2) is 5.96. The number of hydrogen-bond acceptors (Lipinski definition) is 2. The van der Waals surface area contributed by atoms with Gasteiger partial charge in [0.25, 0.3) is 0 Å². The van der Waals surface area contributed by atoms with E-state index in [1.165, 1.54) is 57.8 Å². The number of fused-ring (bicyclic) bond motifs is 7. The maximum absolute atomic E-state index is 6.46. The molecular formula is C23H38O2. The summed E-state index contributed by atoms with van der Waals surface area (Å²) in [6, 6.07) is 0. The molecule has 2 heteroatoms. The van der Waals surface area contributed by atoms with Crippen molar-refractivity contribution < 1.29 is 9.47 Å². The Hall–Kier alpha value is -0.0800. The molecule has 5 rings (SSSR count). The first-order valence-corrected chi connectivity index (χ1v) is 11.3. The first-order chi connectivity index (χ1) is 12.1. The van der Waals surface area contributed by atoms with E-state index in [1.54, 1.807) is 0 Å². The monoisotopic (exact) mass is 346 g/mol. The predicted molar refractivity (Wildman–Crippen MR) is 100 cm³/mol. The molecule has 2 nitrogen and oxygen atoms in total. The Labute approximate surface area is 154 Å². The van der Waals surface area contributed by atoms with Crippen molar-refractivity contribution in [2.75, 3.05) is 13.2 Å². The maximum atomic E-state index is 6.46. The summed E-state index contributed by atoms with van der Waals surface area (Å²) in [5, 5.41) is 0. The van der Waals surface area contributed by atoms with E-state index in [1.807, 2.05) is 0 Å². The molecule has 0 spiro atoms. The molecule has 142 valence electrons. The van der Waals surface area contributed by atoms with Gasteiger partial charge in [-0.05, 0) is 78.9 Å². The second-order valence-corrected chi connectivity index (χ2v) is 10.6. The average Bonchev–Trinajstić information content (AvgIpc) is 2.88. The van der Waals surface area contributed by atoms with Gasteiger partial charge in [0.2, 0.25) is 0 Å². The van der Waals surface area contributed by atoms with Crippen LogP contribution < -0.4 is 0 Å². The van der Waals surface area contributed by atoms with Crippen LogP contribution in [0.5, 0.6) is 0 Å². The maximum Gasteiger partial charge on any atom is 0.0876 e. The summed E-state index contributed by atoms with van der Waals surface area (Å²) in [5.74, 6) is 4.31. The molecule has 25 heavy (non-hydrogen) atoms. The van der Waals surface area contributed by atoms with Crippen molar-refractivity contribution in [2.45, 2.75) is 90.8 Å². The summed E-state index contributed by atoms with van der Waals surface area (Å²) in [6.07, 6.45) is 13.8. The van der Waals surface area contributed by atoms with Crippen LogP contribution in [0, 0.1) is 40.4 Å². The molecule has 0 bridgehead atoms. The lowest BCUT2D eigenvalue weighted by molar-refractivity contribution is -0.171. The quantitative estimate of drug-likeness (QED) is 0.628. The van der Waals surface area contributed by atoms with Crippen molar-refractivity contribution in [1.82, 2.24) is 0 Å². The van der Waals surface area contributed by atoms with Crippen LogP contribution in [-0.2, 0) is 9.47 Å². The van der Waals surface area contributed by atoms with Crippen molar-refractivity contribution in [3.8, 4) is 0 Å². The Morgan fingerprint density at radius 2 is 1.64 bits per heavy atom. The fourth-order valence-electron chi connectivity index (χ4n) is 8.91. The highest BCUT2D eigenvalue weighted by Crippen LogP contribution is 2.68. The molecule has 5 fully saturated rings. The Bertz CT molecular complexity index is 518. The van der Waals surface area contributed by atoms with Crippen molar-refractivity contribution in [3.05, 3.63) is 0 Å². The van der Waals surface area contributed by atoms with Crippen LogP contribution in [0.2, 0.25) is 0 Å². The van der Waals surface area contributed by atoms with Crippen LogP contribution in [0.3, 0.4) is 0 Å². The SMILES string of the molecule is CC[C@H]1C2OCCOC2[C@H]2[C@@H]3CCC4CCCC[C@]4(C)[C@H]3CC[C@]12C. The minimum Gasteiger partial charge on any atom is -0.373 e. The second-order valence-electron chi connectivity index (χ2n) is 10.6. The molecule has 4 saturated carbocycles. The third kappa shape index (κ3) is 2.22. The van der Waals surface area contributed by atoms with Gasteiger partial charge in [0.05, 0.1) is 25.4 Å². The number of hydrogen-bond donors (Lipinski definition) is 0. The van der Waals surface area contributed by atoms with E-state index in [4.69, 9.17) is 9.47 Å². The molecule has 0 amide bonds. The molecule has 9 atom stereocenters. The van der Waals surface area contributed by atoms with Crippen LogP contribution in [0.25, 0.3) is 0 Å². The molecule has 0 aromatic rings. The molecule has 4 aliphatic carbocycles. The normalized spacial score (nSPS) is 58.0. The smallest absolute Gasteiger partial charge is 0.0876 e. The van der Waals surface area contributed by atoms with Crippen LogP contribution in [0.15, 0.2) is 0 Å². The van der Waals surface area contributed by atoms with Gasteiger partial charge in [-0.1, -0.05) is 40.0 Å². The van der Waals surface area contributed by atoms with Gasteiger partial charge in [-0.3, -0.25) is 0 Å². The Kier molecular flexibility index (Phi) is 4.06. The van der Waals surface area contributed by atoms with Gasteiger partial charge in [-0.2, -0.15) is 0 Å². The van der Waals surface area contributed by atoms with Crippen LogP contribution in [-0.4, -0.2) is 25.4 Å². The summed E-state index contributed by atoms with van der Waals surface area (Å²) in [4.78, 5) is 0. The van der Waals surface area contributed by atoms with E-state index in [0.717, 1.165) is 36.9 Å². The molecule has 0 N–H and O–H groups in total. The number of ether oxygens (including phenoxy) is 2. The Morgan fingerprint density at radius 1 is 0.840 bits per heavy atom. The lowest BCUT2D eigenvalue weighted by Crippen LogP contribution is -2.54. The van der Waals surface area contributed by atoms with Crippen molar-refractivity contribution in [2.24, 2.45) is 40.4 Å². The van der Waals surface area contributed by atoms with Gasteiger partial charge in [0.1, 0.15) is 0 Å². The van der Waals surface area contributed by atoms with Gasteiger partial charge in [0, 0.05) is 0 Å². The van der Waals surface area contributed by atoms with Crippen LogP contribution in [0.4, 0.5) is 0 Å². The summed E-state index contributed by atoms with van der Waals surface area (Å²) < 4.78 is 12.8. The van der Waals surface area contributed by atoms with Crippen LogP contribution >= 0.6 is 0 Å². The summed E-state index contributed by atoms with van der Waals surface area (Å²) >= 11 is 0. The minimum absolute atomic E-state index is 0.379. The van der Waals surface area contributed by atoms with Crippen LogP contribution in [0.1, 0.15) is 78.6 Å². The molecule has 3 unspecified atom stereocenters. The largest absolute Gasteiger partial charge is 0.373 e. The standard InChI is InChI=1S/C23H38O2/c1-4-17-20-21(25-14-13-24-20)19-16-9-8-15-7-5-6-11-22(15,2)18(16)10-12-23(17,19)3/h15-21H,4-14H2,1-3H3/t15?,16-,17+,18+,19-,20?,21?,22+,23-/m1/s1. The van der Waals surface area contributed by atoms with E-state index >= 15 is 0 Å². The predicted octanol–water partition coefficient (Wildman–Crippen LogP) is 5.45. The molecule has 1 aliphatic heterocycles. The molecule has 1 heterocycles. The van der Waals surface area contributed by atoms with E-state index < -0.39 is 0 Å². The van der Waals surface area contributed by atoms with Gasteiger partial charge >= 0.3 is 0 Å². The molecule has 5 aliphatic rings. The molecule has 1 saturated heterocycles. The summed E-state index contributed by atoms with van der Waals surface area (Å²) in [7, 11) is 0. The molecule has 0 aromatic heterocycles. The Balaban J connectivity index is 1.51. The molecule has 0 aromatic carbocycles. The van der Waals surface area contributed by atoms with E-state index in [9.17, 15) is 0 Å². The zero-order valence-corrected chi connectivity index (χ0v) is 16.6. The van der Waals surface area contributed by atoms with E-state index in [2.05, 4.69) is 20.8 Å². The minimum atomic E-state index is 0.379. The van der Waals surface area contributed by atoms with Gasteiger partial charge < -0.3 is 9.47 Å². The lowest BCUT2D eigenvalue weighted by Gasteiger charge is -2.60. The van der Waals surface area contributed by atoms with E-state index in [0.29, 0.717) is 29.0 Å². The van der Waals surface area contributed by atoms with Gasteiger partial charge in [-0.15, -0.1) is 0 Å². The van der Waals surface area contributed by atoms with Crippen molar-refractivity contribution >= 4 is 0 Å². The molecule has 0 radical (unpaired) electrons.